The molecule has 12 atom stereocenters. The van der Waals surface area contributed by atoms with E-state index in [1.165, 1.54) is 154 Å². The minimum atomic E-state index is -1.78. The fourth-order valence-corrected chi connectivity index (χ4v) is 9.86. The number of hydrogen-bond donors (Lipinski definition) is 9. The molecule has 9 N–H and O–H groups in total. The predicted octanol–water partition coefficient (Wildman–Crippen LogP) is 9.67. The Balaban J connectivity index is 1.77. The Labute approximate surface area is 437 Å². The van der Waals surface area contributed by atoms with Crippen LogP contribution >= 0.6 is 0 Å². The molecular formula is C58H109NO13. The average molecular weight is 1030 g/mol. The smallest absolute Gasteiger partial charge is 0.220 e. The SMILES string of the molecule is CCCCCC/C=C\C/C=C\CCCCCCCCCC(=O)NC(COC1OC(CO)C(OC2OC(CO)C(O)C(O)C2O)C(O)C1O)C(O)CCCCCCCCCCCCCCCCCCCCCC. The number of ether oxygens (including phenoxy) is 4. The summed E-state index contributed by atoms with van der Waals surface area (Å²) in [5.41, 5.74) is 0. The zero-order valence-corrected chi connectivity index (χ0v) is 45.4. The van der Waals surface area contributed by atoms with E-state index in [-0.39, 0.29) is 12.5 Å². The van der Waals surface area contributed by atoms with Gasteiger partial charge in [0.1, 0.15) is 48.8 Å². The molecule has 0 radical (unpaired) electrons. The van der Waals surface area contributed by atoms with Gasteiger partial charge in [0.2, 0.25) is 5.91 Å². The molecule has 2 aliphatic heterocycles. The minimum Gasteiger partial charge on any atom is -0.394 e. The quantitative estimate of drug-likeness (QED) is 0.0205. The molecule has 14 heteroatoms. The second-order valence-corrected chi connectivity index (χ2v) is 21.1. The molecule has 2 fully saturated rings. The predicted molar refractivity (Wildman–Crippen MR) is 286 cm³/mol. The molecule has 0 aromatic rings. The van der Waals surface area contributed by atoms with Gasteiger partial charge in [0.05, 0.1) is 32.0 Å². The lowest BCUT2D eigenvalue weighted by Crippen LogP contribution is -2.65. The van der Waals surface area contributed by atoms with Crippen molar-refractivity contribution in [3.05, 3.63) is 24.3 Å². The maximum absolute atomic E-state index is 13.3. The van der Waals surface area contributed by atoms with Gasteiger partial charge in [-0.25, -0.2) is 0 Å². The van der Waals surface area contributed by atoms with E-state index in [0.717, 1.165) is 57.8 Å². The summed E-state index contributed by atoms with van der Waals surface area (Å²) in [6.07, 6.45) is 34.5. The lowest BCUT2D eigenvalue weighted by atomic mass is 9.97. The van der Waals surface area contributed by atoms with E-state index in [2.05, 4.69) is 43.5 Å². The molecule has 2 rings (SSSR count). The number of aliphatic hydroxyl groups excluding tert-OH is 8. The molecule has 1 amide bonds. The first-order chi connectivity index (χ1) is 35.1. The molecule has 0 bridgehead atoms. The summed E-state index contributed by atoms with van der Waals surface area (Å²) >= 11 is 0. The highest BCUT2D eigenvalue weighted by Crippen LogP contribution is 2.30. The minimum absolute atomic E-state index is 0.212. The standard InChI is InChI=1S/C58H109NO13/c1-3-5-7-9-11-13-15-17-19-21-23-24-25-27-29-31-33-35-37-39-41-47(62)46(59-50(63)42-40-38-36-34-32-30-28-26-22-20-18-16-14-12-10-8-6-4-2)45-69-57-55(68)53(66)56(49(44-61)71-57)72-58-54(67)52(65)51(64)48(43-60)70-58/h14,16,20,22,46-49,51-58,60-62,64-68H,3-13,15,17-19,21,23-45H2,1-2H3,(H,59,63)/b16-14-,22-20-. The first kappa shape index (κ1) is 66.6. The fourth-order valence-electron chi connectivity index (χ4n) is 9.86. The number of nitrogens with one attached hydrogen (secondary N) is 1. The van der Waals surface area contributed by atoms with Crippen LogP contribution in [0.1, 0.15) is 245 Å². The van der Waals surface area contributed by atoms with Crippen molar-refractivity contribution in [2.45, 2.75) is 319 Å². The molecule has 12 unspecified atom stereocenters. The summed E-state index contributed by atoms with van der Waals surface area (Å²) in [4.78, 5) is 13.3. The van der Waals surface area contributed by atoms with Gasteiger partial charge in [0.25, 0.3) is 0 Å². The molecule has 2 aliphatic rings. The van der Waals surface area contributed by atoms with Gasteiger partial charge < -0.3 is 65.1 Å². The van der Waals surface area contributed by atoms with Crippen LogP contribution in [0, 0.1) is 0 Å². The van der Waals surface area contributed by atoms with Crippen LogP contribution in [0.3, 0.4) is 0 Å². The Kier molecular flexibility index (Phi) is 41.2. The lowest BCUT2D eigenvalue weighted by Gasteiger charge is -2.46. The Hall–Kier alpha value is -1.53. The molecule has 2 saturated heterocycles. The van der Waals surface area contributed by atoms with Gasteiger partial charge in [-0.2, -0.15) is 0 Å². The van der Waals surface area contributed by atoms with Crippen molar-refractivity contribution in [2.24, 2.45) is 0 Å². The number of carbonyl (C=O) groups excluding carboxylic acids is 1. The van der Waals surface area contributed by atoms with Crippen LogP contribution in [0.4, 0.5) is 0 Å². The van der Waals surface area contributed by atoms with Crippen LogP contribution in [0.5, 0.6) is 0 Å². The van der Waals surface area contributed by atoms with Crippen molar-refractivity contribution in [1.29, 1.82) is 0 Å². The summed E-state index contributed by atoms with van der Waals surface area (Å²) in [6.45, 7) is 2.86. The number of allylic oxidation sites excluding steroid dienone is 4. The second kappa shape index (κ2) is 44.6. The first-order valence-electron chi connectivity index (χ1n) is 29.6. The van der Waals surface area contributed by atoms with Crippen LogP contribution in [0.25, 0.3) is 0 Å². The topological polar surface area (TPSA) is 228 Å². The Morgan fingerprint density at radius 1 is 0.500 bits per heavy atom. The molecule has 2 heterocycles. The van der Waals surface area contributed by atoms with Crippen LogP contribution < -0.4 is 5.32 Å². The maximum Gasteiger partial charge on any atom is 0.220 e. The van der Waals surface area contributed by atoms with Crippen LogP contribution in [0.15, 0.2) is 24.3 Å². The number of unbranched alkanes of at least 4 members (excludes halogenated alkanes) is 30. The zero-order chi connectivity index (χ0) is 52.4. The van der Waals surface area contributed by atoms with Crippen molar-refractivity contribution >= 4 is 5.91 Å². The van der Waals surface area contributed by atoms with Gasteiger partial charge in [-0.15, -0.1) is 0 Å². The number of rotatable bonds is 47. The lowest BCUT2D eigenvalue weighted by molar-refractivity contribution is -0.359. The van der Waals surface area contributed by atoms with Gasteiger partial charge in [0, 0.05) is 6.42 Å². The molecule has 0 spiro atoms. The zero-order valence-electron chi connectivity index (χ0n) is 45.4. The molecule has 0 aromatic carbocycles. The van der Waals surface area contributed by atoms with Crippen LogP contribution in [-0.2, 0) is 23.7 Å². The summed E-state index contributed by atoms with van der Waals surface area (Å²) < 4.78 is 22.8. The first-order valence-corrected chi connectivity index (χ1v) is 29.6. The molecule has 0 saturated carbocycles. The van der Waals surface area contributed by atoms with Crippen molar-refractivity contribution in [3.8, 4) is 0 Å². The third-order valence-corrected chi connectivity index (χ3v) is 14.7. The van der Waals surface area contributed by atoms with E-state index in [1.54, 1.807) is 0 Å². The summed E-state index contributed by atoms with van der Waals surface area (Å²) in [6, 6.07) is -0.831. The van der Waals surface area contributed by atoms with E-state index < -0.39 is 86.8 Å². The molecular weight excluding hydrogens is 919 g/mol. The fraction of sp³-hybridized carbons (Fsp3) is 0.914. The van der Waals surface area contributed by atoms with Gasteiger partial charge in [-0.3, -0.25) is 4.79 Å². The third-order valence-electron chi connectivity index (χ3n) is 14.7. The van der Waals surface area contributed by atoms with E-state index >= 15 is 0 Å². The molecule has 0 aliphatic carbocycles. The van der Waals surface area contributed by atoms with E-state index in [9.17, 15) is 45.6 Å². The van der Waals surface area contributed by atoms with E-state index in [1.807, 2.05) is 0 Å². The molecule has 14 nitrogen and oxygen atoms in total. The van der Waals surface area contributed by atoms with E-state index in [4.69, 9.17) is 18.9 Å². The highest BCUT2D eigenvalue weighted by molar-refractivity contribution is 5.76. The van der Waals surface area contributed by atoms with E-state index in [0.29, 0.717) is 19.3 Å². The highest BCUT2D eigenvalue weighted by atomic mass is 16.7. The second-order valence-electron chi connectivity index (χ2n) is 21.1. The molecule has 424 valence electrons. The van der Waals surface area contributed by atoms with Crippen LogP contribution in [0.2, 0.25) is 0 Å². The van der Waals surface area contributed by atoms with Crippen molar-refractivity contribution in [3.63, 3.8) is 0 Å². The van der Waals surface area contributed by atoms with Gasteiger partial charge in [-0.1, -0.05) is 218 Å². The Bertz CT molecular complexity index is 1300. The number of carbonyl (C=O) groups is 1. The number of hydrogen-bond acceptors (Lipinski definition) is 13. The van der Waals surface area contributed by atoms with Gasteiger partial charge in [-0.05, 0) is 44.9 Å². The largest absolute Gasteiger partial charge is 0.394 e. The average Bonchev–Trinajstić information content (AvgIpc) is 3.38. The van der Waals surface area contributed by atoms with Crippen molar-refractivity contribution in [2.75, 3.05) is 19.8 Å². The monoisotopic (exact) mass is 1030 g/mol. The molecule has 72 heavy (non-hydrogen) atoms. The Morgan fingerprint density at radius 3 is 1.40 bits per heavy atom. The third kappa shape index (κ3) is 30.3. The summed E-state index contributed by atoms with van der Waals surface area (Å²) in [5, 5.41) is 87.2. The van der Waals surface area contributed by atoms with Gasteiger partial charge in [0.15, 0.2) is 12.6 Å². The van der Waals surface area contributed by atoms with Crippen LogP contribution in [-0.4, -0.2) is 140 Å². The molecule has 0 aromatic heterocycles. The summed E-state index contributed by atoms with van der Waals surface area (Å²) in [7, 11) is 0. The highest BCUT2D eigenvalue weighted by Gasteiger charge is 2.51. The van der Waals surface area contributed by atoms with Crippen molar-refractivity contribution in [1.82, 2.24) is 5.32 Å². The maximum atomic E-state index is 13.3. The number of aliphatic hydroxyl groups is 8. The number of amides is 1. The normalized spacial score (nSPS) is 25.7. The van der Waals surface area contributed by atoms with Gasteiger partial charge >= 0.3 is 0 Å². The summed E-state index contributed by atoms with van der Waals surface area (Å²) in [5.74, 6) is -0.212. The van der Waals surface area contributed by atoms with Crippen molar-refractivity contribution < 1.29 is 64.6 Å². The Morgan fingerprint density at radius 2 is 0.917 bits per heavy atom.